The largest absolute Gasteiger partial charge is 0.345 e. The topological polar surface area (TPSA) is 68.4 Å². The van der Waals surface area contributed by atoms with Crippen molar-refractivity contribution < 1.29 is 9.72 Å². The highest BCUT2D eigenvalue weighted by molar-refractivity contribution is 6.30. The molecule has 3 aromatic rings. The smallest absolute Gasteiger partial charge is 0.270 e. The molecule has 0 saturated carbocycles. The van der Waals surface area contributed by atoms with Crippen molar-refractivity contribution in [1.82, 2.24) is 9.47 Å². The second-order valence-corrected chi connectivity index (χ2v) is 7.94. The van der Waals surface area contributed by atoms with Crippen LogP contribution in [0.5, 0.6) is 0 Å². The van der Waals surface area contributed by atoms with Crippen LogP contribution in [0.2, 0.25) is 5.02 Å². The van der Waals surface area contributed by atoms with E-state index in [1.807, 2.05) is 42.6 Å². The minimum absolute atomic E-state index is 0.0799. The molecule has 0 unspecified atom stereocenters. The Morgan fingerprint density at radius 2 is 1.90 bits per heavy atom. The zero-order valence-corrected chi connectivity index (χ0v) is 18.3. The summed E-state index contributed by atoms with van der Waals surface area (Å²) < 4.78 is 2.10. The number of hydrogen-bond acceptors (Lipinski definition) is 3. The SMILES string of the molecule is CCCCCN(Cc1cccn1Cc1cccc(Cl)c1)C(=O)c1cccc([N+](=O)[O-])c1. The summed E-state index contributed by atoms with van der Waals surface area (Å²) >= 11 is 6.11. The van der Waals surface area contributed by atoms with Crippen LogP contribution in [0, 0.1) is 10.1 Å². The Bertz CT molecular complexity index is 1050. The molecule has 0 bridgehead atoms. The molecule has 0 spiro atoms. The van der Waals surface area contributed by atoms with E-state index in [4.69, 9.17) is 11.6 Å². The van der Waals surface area contributed by atoms with E-state index in [-0.39, 0.29) is 11.6 Å². The number of nitro groups is 1. The van der Waals surface area contributed by atoms with Crippen molar-refractivity contribution in [2.45, 2.75) is 39.3 Å². The third-order valence-corrected chi connectivity index (χ3v) is 5.38. The van der Waals surface area contributed by atoms with E-state index >= 15 is 0 Å². The summed E-state index contributed by atoms with van der Waals surface area (Å²) in [5, 5.41) is 11.8. The van der Waals surface area contributed by atoms with E-state index in [9.17, 15) is 14.9 Å². The lowest BCUT2D eigenvalue weighted by molar-refractivity contribution is -0.384. The number of carbonyl (C=O) groups is 1. The van der Waals surface area contributed by atoms with Gasteiger partial charge in [-0.05, 0) is 42.3 Å². The molecule has 3 rings (SSSR count). The molecule has 1 amide bonds. The Morgan fingerprint density at radius 3 is 2.65 bits per heavy atom. The van der Waals surface area contributed by atoms with Crippen molar-refractivity contribution in [2.24, 2.45) is 0 Å². The van der Waals surface area contributed by atoms with Crippen LogP contribution in [0.4, 0.5) is 5.69 Å². The van der Waals surface area contributed by atoms with E-state index in [0.717, 1.165) is 30.5 Å². The van der Waals surface area contributed by atoms with Crippen molar-refractivity contribution in [3.8, 4) is 0 Å². The molecule has 2 aromatic carbocycles. The predicted molar refractivity (Wildman–Crippen MR) is 122 cm³/mol. The maximum absolute atomic E-state index is 13.2. The number of carbonyl (C=O) groups excluding carboxylic acids is 1. The molecule has 31 heavy (non-hydrogen) atoms. The molecule has 162 valence electrons. The molecule has 0 radical (unpaired) electrons. The second kappa shape index (κ2) is 10.8. The molecule has 1 aromatic heterocycles. The van der Waals surface area contributed by atoms with E-state index in [2.05, 4.69) is 11.5 Å². The predicted octanol–water partition coefficient (Wildman–Crippen LogP) is 5.93. The summed E-state index contributed by atoms with van der Waals surface area (Å²) in [4.78, 5) is 25.7. The number of nitrogens with zero attached hydrogens (tertiary/aromatic N) is 3. The first-order valence-corrected chi connectivity index (χ1v) is 10.8. The van der Waals surface area contributed by atoms with E-state index in [0.29, 0.717) is 30.2 Å². The number of aromatic nitrogens is 1. The summed E-state index contributed by atoms with van der Waals surface area (Å²) in [6.07, 6.45) is 4.93. The van der Waals surface area contributed by atoms with Crippen LogP contribution < -0.4 is 0 Å². The third kappa shape index (κ3) is 6.18. The van der Waals surface area contributed by atoms with Gasteiger partial charge in [-0.2, -0.15) is 0 Å². The molecule has 0 N–H and O–H groups in total. The van der Waals surface area contributed by atoms with Gasteiger partial charge in [0.05, 0.1) is 11.5 Å². The van der Waals surface area contributed by atoms with Gasteiger partial charge in [-0.3, -0.25) is 14.9 Å². The number of rotatable bonds is 10. The van der Waals surface area contributed by atoms with Crippen LogP contribution in [0.25, 0.3) is 0 Å². The minimum atomic E-state index is -0.478. The van der Waals surface area contributed by atoms with Gasteiger partial charge in [0.2, 0.25) is 0 Å². The Balaban J connectivity index is 1.82. The lowest BCUT2D eigenvalue weighted by Crippen LogP contribution is -2.32. The summed E-state index contributed by atoms with van der Waals surface area (Å²) in [5.41, 5.74) is 2.32. The molecule has 0 saturated heterocycles. The fourth-order valence-corrected chi connectivity index (χ4v) is 3.73. The first-order chi connectivity index (χ1) is 15.0. The first kappa shape index (κ1) is 22.6. The van der Waals surface area contributed by atoms with Crippen LogP contribution in [0.1, 0.15) is 47.8 Å². The number of benzene rings is 2. The fraction of sp³-hybridized carbons (Fsp3) is 0.292. The molecular formula is C24H26ClN3O3. The van der Waals surface area contributed by atoms with E-state index in [1.165, 1.54) is 12.1 Å². The monoisotopic (exact) mass is 439 g/mol. The highest BCUT2D eigenvalue weighted by Gasteiger charge is 2.19. The third-order valence-electron chi connectivity index (χ3n) is 5.14. The first-order valence-electron chi connectivity index (χ1n) is 10.4. The van der Waals surface area contributed by atoms with Gasteiger partial charge < -0.3 is 9.47 Å². The van der Waals surface area contributed by atoms with Crippen molar-refractivity contribution in [1.29, 1.82) is 0 Å². The number of hydrogen-bond donors (Lipinski definition) is 0. The molecule has 0 aliphatic heterocycles. The van der Waals surface area contributed by atoms with Gasteiger partial charge in [-0.15, -0.1) is 0 Å². The van der Waals surface area contributed by atoms with Crippen LogP contribution in [0.3, 0.4) is 0 Å². The van der Waals surface area contributed by atoms with Crippen LogP contribution >= 0.6 is 11.6 Å². The molecule has 6 nitrogen and oxygen atoms in total. The molecule has 0 atom stereocenters. The van der Waals surface area contributed by atoms with Gasteiger partial charge in [0.1, 0.15) is 0 Å². The minimum Gasteiger partial charge on any atom is -0.345 e. The summed E-state index contributed by atoms with van der Waals surface area (Å²) in [6, 6.07) is 17.6. The molecular weight excluding hydrogens is 414 g/mol. The van der Waals surface area contributed by atoms with Gasteiger partial charge in [0, 0.05) is 47.7 Å². The van der Waals surface area contributed by atoms with E-state index < -0.39 is 4.92 Å². The van der Waals surface area contributed by atoms with Crippen molar-refractivity contribution in [3.05, 3.63) is 98.8 Å². The van der Waals surface area contributed by atoms with Crippen molar-refractivity contribution in [3.63, 3.8) is 0 Å². The summed E-state index contributed by atoms with van der Waals surface area (Å²) in [6.45, 7) is 3.79. The fourth-order valence-electron chi connectivity index (χ4n) is 3.51. The number of unbranched alkanes of at least 4 members (excludes halogenated alkanes) is 2. The maximum atomic E-state index is 13.2. The average molecular weight is 440 g/mol. The Kier molecular flexibility index (Phi) is 7.84. The highest BCUT2D eigenvalue weighted by Crippen LogP contribution is 2.19. The molecule has 0 aliphatic rings. The number of nitro benzene ring substituents is 1. The standard InChI is InChI=1S/C24H26ClN3O3/c1-2-3-4-13-27(24(29)20-9-6-11-22(16-20)28(30)31)18-23-12-7-14-26(23)17-19-8-5-10-21(25)15-19/h5-12,14-16H,2-4,13,17-18H2,1H3. The highest BCUT2D eigenvalue weighted by atomic mass is 35.5. The zero-order valence-electron chi connectivity index (χ0n) is 17.5. The molecule has 1 heterocycles. The molecule has 7 heteroatoms. The lowest BCUT2D eigenvalue weighted by atomic mass is 10.1. The van der Waals surface area contributed by atoms with Gasteiger partial charge in [0.15, 0.2) is 0 Å². The normalized spacial score (nSPS) is 10.8. The molecule has 0 fully saturated rings. The number of halogens is 1. The van der Waals surface area contributed by atoms with Crippen LogP contribution in [-0.4, -0.2) is 26.8 Å². The van der Waals surface area contributed by atoms with Gasteiger partial charge in [0.25, 0.3) is 11.6 Å². The van der Waals surface area contributed by atoms with E-state index in [1.54, 1.807) is 17.0 Å². The molecule has 0 aliphatic carbocycles. The van der Waals surface area contributed by atoms with Crippen molar-refractivity contribution >= 4 is 23.2 Å². The Labute approximate surface area is 187 Å². The number of non-ortho nitro benzene ring substituents is 1. The maximum Gasteiger partial charge on any atom is 0.270 e. The van der Waals surface area contributed by atoms with Crippen molar-refractivity contribution in [2.75, 3.05) is 6.54 Å². The number of amides is 1. The van der Waals surface area contributed by atoms with Gasteiger partial charge in [-0.1, -0.05) is 49.6 Å². The van der Waals surface area contributed by atoms with Gasteiger partial charge >= 0.3 is 0 Å². The Hall–Kier alpha value is -3.12. The summed E-state index contributed by atoms with van der Waals surface area (Å²) in [7, 11) is 0. The quantitative estimate of drug-likeness (QED) is 0.223. The Morgan fingerprint density at radius 1 is 1.10 bits per heavy atom. The second-order valence-electron chi connectivity index (χ2n) is 7.50. The summed E-state index contributed by atoms with van der Waals surface area (Å²) in [5.74, 6) is -0.199. The zero-order chi connectivity index (χ0) is 22.2. The lowest BCUT2D eigenvalue weighted by Gasteiger charge is -2.24. The van der Waals surface area contributed by atoms with Crippen LogP contribution in [-0.2, 0) is 13.1 Å². The van der Waals surface area contributed by atoms with Gasteiger partial charge in [-0.25, -0.2) is 0 Å². The average Bonchev–Trinajstić information content (AvgIpc) is 3.19. The van der Waals surface area contributed by atoms with Crippen LogP contribution in [0.15, 0.2) is 66.9 Å².